The Labute approximate surface area is 86.6 Å². The van der Waals surface area contributed by atoms with E-state index in [1.807, 2.05) is 32.7 Å². The van der Waals surface area contributed by atoms with Crippen LogP contribution in [0.15, 0.2) is 0 Å². The first kappa shape index (κ1) is 11.5. The lowest BCUT2D eigenvalue weighted by atomic mass is 9.93. The van der Waals surface area contributed by atoms with Crippen LogP contribution in [-0.4, -0.2) is 30.4 Å². The predicted molar refractivity (Wildman–Crippen MR) is 57.8 cm³/mol. The second-order valence-corrected chi connectivity index (χ2v) is 5.31. The van der Waals surface area contributed by atoms with Gasteiger partial charge in [-0.05, 0) is 18.8 Å². The van der Waals surface area contributed by atoms with Gasteiger partial charge in [0.2, 0.25) is 5.91 Å². The van der Waals surface area contributed by atoms with Crippen molar-refractivity contribution in [1.29, 1.82) is 0 Å². The van der Waals surface area contributed by atoms with Gasteiger partial charge in [0.15, 0.2) is 0 Å². The Balaban J connectivity index is 2.62. The van der Waals surface area contributed by atoms with Gasteiger partial charge in [-0.1, -0.05) is 20.8 Å². The maximum atomic E-state index is 12.0. The van der Waals surface area contributed by atoms with Crippen LogP contribution in [-0.2, 0) is 4.79 Å². The highest BCUT2D eigenvalue weighted by Gasteiger charge is 2.37. The zero-order chi connectivity index (χ0) is 10.9. The first-order chi connectivity index (χ1) is 6.38. The van der Waals surface area contributed by atoms with E-state index in [1.165, 1.54) is 12.8 Å². The standard InChI is InChI=1S/C11H22N2O/c1-11(2,3)10(14)13(4)9(7-12)8-5-6-8/h8-9H,5-7,12H2,1-4H3. The molecule has 1 fully saturated rings. The van der Waals surface area contributed by atoms with Crippen LogP contribution in [0.25, 0.3) is 0 Å². The van der Waals surface area contributed by atoms with Crippen molar-refractivity contribution >= 4 is 5.91 Å². The molecular weight excluding hydrogens is 176 g/mol. The zero-order valence-electron chi connectivity index (χ0n) is 9.71. The van der Waals surface area contributed by atoms with E-state index in [-0.39, 0.29) is 17.4 Å². The summed E-state index contributed by atoms with van der Waals surface area (Å²) in [6, 6.07) is 0.252. The summed E-state index contributed by atoms with van der Waals surface area (Å²) in [6.07, 6.45) is 2.45. The van der Waals surface area contributed by atoms with Crippen LogP contribution >= 0.6 is 0 Å². The lowest BCUT2D eigenvalue weighted by Crippen LogP contribution is -2.47. The van der Waals surface area contributed by atoms with Crippen molar-refractivity contribution in [2.75, 3.05) is 13.6 Å². The Kier molecular flexibility index (Phi) is 3.20. The summed E-state index contributed by atoms with van der Waals surface area (Å²) < 4.78 is 0. The fraction of sp³-hybridized carbons (Fsp3) is 0.909. The molecule has 0 bridgehead atoms. The monoisotopic (exact) mass is 198 g/mol. The van der Waals surface area contributed by atoms with Crippen molar-refractivity contribution in [3.8, 4) is 0 Å². The molecule has 82 valence electrons. The van der Waals surface area contributed by atoms with Gasteiger partial charge in [-0.3, -0.25) is 4.79 Å². The molecule has 2 N–H and O–H groups in total. The third kappa shape index (κ3) is 2.47. The molecule has 1 rings (SSSR count). The number of carbonyl (C=O) groups excluding carboxylic acids is 1. The minimum Gasteiger partial charge on any atom is -0.341 e. The van der Waals surface area contributed by atoms with Gasteiger partial charge in [0.05, 0.1) is 0 Å². The molecule has 0 aromatic carbocycles. The fourth-order valence-corrected chi connectivity index (χ4v) is 1.83. The number of hydrogen-bond donors (Lipinski definition) is 1. The molecule has 0 radical (unpaired) electrons. The summed E-state index contributed by atoms with van der Waals surface area (Å²) in [4.78, 5) is 13.8. The molecule has 1 unspecified atom stereocenters. The highest BCUT2D eigenvalue weighted by Crippen LogP contribution is 2.35. The zero-order valence-corrected chi connectivity index (χ0v) is 9.71. The number of likely N-dealkylation sites (N-methyl/N-ethyl adjacent to an activating group) is 1. The fourth-order valence-electron chi connectivity index (χ4n) is 1.83. The van der Waals surface area contributed by atoms with Gasteiger partial charge in [0, 0.05) is 25.0 Å². The summed E-state index contributed by atoms with van der Waals surface area (Å²) >= 11 is 0. The molecule has 0 spiro atoms. The molecule has 1 aliphatic rings. The van der Waals surface area contributed by atoms with Crippen LogP contribution in [0.4, 0.5) is 0 Å². The van der Waals surface area contributed by atoms with E-state index in [1.54, 1.807) is 0 Å². The first-order valence-electron chi connectivity index (χ1n) is 5.35. The van der Waals surface area contributed by atoms with E-state index in [2.05, 4.69) is 0 Å². The molecule has 1 amide bonds. The minimum absolute atomic E-state index is 0.194. The topological polar surface area (TPSA) is 46.3 Å². The molecule has 3 nitrogen and oxygen atoms in total. The van der Waals surface area contributed by atoms with Gasteiger partial charge in [-0.2, -0.15) is 0 Å². The Morgan fingerprint density at radius 1 is 1.50 bits per heavy atom. The molecule has 1 saturated carbocycles. The summed E-state index contributed by atoms with van der Waals surface area (Å²) in [5.74, 6) is 0.844. The number of amides is 1. The third-order valence-electron chi connectivity index (χ3n) is 2.87. The summed E-state index contributed by atoms with van der Waals surface area (Å²) in [7, 11) is 1.88. The predicted octanol–water partition coefficient (Wildman–Crippen LogP) is 1.23. The Hall–Kier alpha value is -0.570. The molecule has 0 heterocycles. The van der Waals surface area contributed by atoms with Gasteiger partial charge in [-0.15, -0.1) is 0 Å². The lowest BCUT2D eigenvalue weighted by Gasteiger charge is -2.32. The van der Waals surface area contributed by atoms with Crippen LogP contribution in [0, 0.1) is 11.3 Å². The molecule has 3 heteroatoms. The lowest BCUT2D eigenvalue weighted by molar-refractivity contribution is -0.140. The average Bonchev–Trinajstić information content (AvgIpc) is 2.86. The normalized spacial score (nSPS) is 19.2. The Morgan fingerprint density at radius 3 is 2.29 bits per heavy atom. The molecular formula is C11H22N2O. The first-order valence-corrected chi connectivity index (χ1v) is 5.35. The largest absolute Gasteiger partial charge is 0.341 e. The third-order valence-corrected chi connectivity index (χ3v) is 2.87. The van der Waals surface area contributed by atoms with E-state index in [4.69, 9.17) is 5.73 Å². The molecule has 14 heavy (non-hydrogen) atoms. The van der Waals surface area contributed by atoms with Crippen molar-refractivity contribution in [3.63, 3.8) is 0 Å². The van der Waals surface area contributed by atoms with Gasteiger partial charge in [0.25, 0.3) is 0 Å². The quantitative estimate of drug-likeness (QED) is 0.741. The van der Waals surface area contributed by atoms with E-state index in [0.29, 0.717) is 12.5 Å². The van der Waals surface area contributed by atoms with E-state index < -0.39 is 0 Å². The summed E-state index contributed by atoms with van der Waals surface area (Å²) in [6.45, 7) is 6.44. The molecule has 1 atom stereocenters. The van der Waals surface area contributed by atoms with Gasteiger partial charge in [-0.25, -0.2) is 0 Å². The van der Waals surface area contributed by atoms with Crippen molar-refractivity contribution < 1.29 is 4.79 Å². The number of rotatable bonds is 3. The van der Waals surface area contributed by atoms with Crippen molar-refractivity contribution in [1.82, 2.24) is 4.90 Å². The highest BCUT2D eigenvalue weighted by molar-refractivity contribution is 5.81. The van der Waals surface area contributed by atoms with Crippen LogP contribution in [0.1, 0.15) is 33.6 Å². The van der Waals surface area contributed by atoms with E-state index in [9.17, 15) is 4.79 Å². The van der Waals surface area contributed by atoms with Gasteiger partial charge < -0.3 is 10.6 Å². The Bertz CT molecular complexity index is 216. The maximum Gasteiger partial charge on any atom is 0.227 e. The minimum atomic E-state index is -0.295. The van der Waals surface area contributed by atoms with Crippen molar-refractivity contribution in [3.05, 3.63) is 0 Å². The number of hydrogen-bond acceptors (Lipinski definition) is 2. The summed E-state index contributed by atoms with van der Waals surface area (Å²) in [5, 5.41) is 0. The van der Waals surface area contributed by atoms with Gasteiger partial charge in [0.1, 0.15) is 0 Å². The SMILES string of the molecule is CN(C(=O)C(C)(C)C)C(CN)C1CC1. The molecule has 0 saturated heterocycles. The molecule has 0 aromatic heterocycles. The van der Waals surface area contributed by atoms with Crippen LogP contribution in [0.5, 0.6) is 0 Å². The van der Waals surface area contributed by atoms with Crippen molar-refractivity contribution in [2.24, 2.45) is 17.1 Å². The molecule has 0 aliphatic heterocycles. The molecule has 0 aromatic rings. The van der Waals surface area contributed by atoms with E-state index in [0.717, 1.165) is 0 Å². The maximum absolute atomic E-state index is 12.0. The van der Waals surface area contributed by atoms with Crippen LogP contribution in [0.2, 0.25) is 0 Å². The van der Waals surface area contributed by atoms with Crippen LogP contribution < -0.4 is 5.73 Å². The van der Waals surface area contributed by atoms with Gasteiger partial charge >= 0.3 is 0 Å². The number of carbonyl (C=O) groups is 1. The highest BCUT2D eigenvalue weighted by atomic mass is 16.2. The van der Waals surface area contributed by atoms with E-state index >= 15 is 0 Å². The molecule has 1 aliphatic carbocycles. The number of nitrogens with two attached hydrogens (primary N) is 1. The second kappa shape index (κ2) is 3.89. The van der Waals surface area contributed by atoms with Crippen LogP contribution in [0.3, 0.4) is 0 Å². The smallest absolute Gasteiger partial charge is 0.227 e. The summed E-state index contributed by atoms with van der Waals surface area (Å²) in [5.41, 5.74) is 5.41. The average molecular weight is 198 g/mol. The second-order valence-electron chi connectivity index (χ2n) is 5.31. The Morgan fingerprint density at radius 2 is 2.00 bits per heavy atom. The van der Waals surface area contributed by atoms with Crippen molar-refractivity contribution in [2.45, 2.75) is 39.7 Å². The number of nitrogens with zero attached hydrogens (tertiary/aromatic N) is 1.